The topological polar surface area (TPSA) is 13.1 Å². The van der Waals surface area contributed by atoms with Crippen LogP contribution < -0.4 is 0 Å². The smallest absolute Gasteiger partial charge is 0.137 e. The van der Waals surface area contributed by atoms with Crippen LogP contribution in [0.25, 0.3) is 11.3 Å². The van der Waals surface area contributed by atoms with Gasteiger partial charge in [-0.25, -0.2) is 0 Å². The Balaban J connectivity index is 0.000000686. The van der Waals surface area contributed by atoms with Crippen molar-refractivity contribution in [1.82, 2.24) is 0 Å². The van der Waals surface area contributed by atoms with Gasteiger partial charge in [0, 0.05) is 0 Å². The largest absolute Gasteiger partial charge is 0.461 e. The van der Waals surface area contributed by atoms with Gasteiger partial charge in [0.15, 0.2) is 0 Å². The van der Waals surface area contributed by atoms with E-state index in [2.05, 4.69) is 0 Å². The summed E-state index contributed by atoms with van der Waals surface area (Å²) in [7, 11) is 0. The molecule has 17 heavy (non-hydrogen) atoms. The van der Waals surface area contributed by atoms with Crippen LogP contribution in [0.3, 0.4) is 0 Å². The lowest BCUT2D eigenvalue weighted by Crippen LogP contribution is -1.77. The second kappa shape index (κ2) is 6.13. The highest BCUT2D eigenvalue weighted by Crippen LogP contribution is 2.36. The Morgan fingerprint density at radius 2 is 1.53 bits per heavy atom. The number of furan rings is 1. The van der Waals surface area contributed by atoms with E-state index < -0.39 is 0 Å². The molecular formula is C14H16Cl2O. The van der Waals surface area contributed by atoms with Crippen LogP contribution in [0, 0.1) is 13.8 Å². The maximum Gasteiger partial charge on any atom is 0.137 e. The quantitative estimate of drug-likeness (QED) is 0.629. The van der Waals surface area contributed by atoms with Crippen molar-refractivity contribution in [2.75, 3.05) is 0 Å². The molecule has 0 aliphatic carbocycles. The molecule has 0 unspecified atom stereocenters. The van der Waals surface area contributed by atoms with Crippen molar-refractivity contribution in [2.24, 2.45) is 0 Å². The van der Waals surface area contributed by atoms with E-state index in [0.29, 0.717) is 10.0 Å². The molecule has 0 amide bonds. The van der Waals surface area contributed by atoms with Gasteiger partial charge in [-0.3, -0.25) is 0 Å². The zero-order valence-electron chi connectivity index (χ0n) is 10.5. The molecule has 0 saturated heterocycles. The van der Waals surface area contributed by atoms with E-state index in [4.69, 9.17) is 27.6 Å². The predicted molar refractivity (Wildman–Crippen MR) is 75.0 cm³/mol. The van der Waals surface area contributed by atoms with Gasteiger partial charge in [-0.1, -0.05) is 43.1 Å². The summed E-state index contributed by atoms with van der Waals surface area (Å²) in [6.45, 7) is 7.91. The molecule has 1 aromatic heterocycles. The van der Waals surface area contributed by atoms with E-state index in [-0.39, 0.29) is 0 Å². The van der Waals surface area contributed by atoms with Crippen molar-refractivity contribution in [3.05, 3.63) is 45.6 Å². The lowest BCUT2D eigenvalue weighted by molar-refractivity contribution is 0.545. The number of hydrogen-bond donors (Lipinski definition) is 0. The molecule has 0 N–H and O–H groups in total. The standard InChI is InChI=1S/C12H10Cl2O.C2H6/c1-7-6-11(15-8(7)2)12-9(13)4-3-5-10(12)14;1-2/h3-6H,1-2H3;1-2H3. The monoisotopic (exact) mass is 270 g/mol. The first-order chi connectivity index (χ1) is 8.09. The Bertz CT molecular complexity index is 461. The van der Waals surface area contributed by atoms with E-state index in [1.54, 1.807) is 12.1 Å². The van der Waals surface area contributed by atoms with Gasteiger partial charge < -0.3 is 4.42 Å². The van der Waals surface area contributed by atoms with Crippen LogP contribution in [-0.4, -0.2) is 0 Å². The number of hydrogen-bond acceptors (Lipinski definition) is 1. The molecular weight excluding hydrogens is 255 g/mol. The Morgan fingerprint density at radius 3 is 1.94 bits per heavy atom. The third kappa shape index (κ3) is 3.05. The molecule has 0 atom stereocenters. The molecule has 3 heteroatoms. The van der Waals surface area contributed by atoms with E-state index in [9.17, 15) is 0 Å². The number of halogens is 2. The number of aryl methyl sites for hydroxylation is 2. The molecule has 0 spiro atoms. The molecule has 0 radical (unpaired) electrons. The van der Waals surface area contributed by atoms with Crippen LogP contribution in [0.2, 0.25) is 10.0 Å². The molecule has 92 valence electrons. The first kappa shape index (κ1) is 14.1. The molecule has 1 heterocycles. The lowest BCUT2D eigenvalue weighted by Gasteiger charge is -2.02. The van der Waals surface area contributed by atoms with E-state index in [1.165, 1.54) is 0 Å². The second-order valence-electron chi connectivity index (χ2n) is 3.45. The second-order valence-corrected chi connectivity index (χ2v) is 4.26. The van der Waals surface area contributed by atoms with E-state index in [0.717, 1.165) is 22.6 Å². The Labute approximate surface area is 112 Å². The van der Waals surface area contributed by atoms with Crippen molar-refractivity contribution in [3.8, 4) is 11.3 Å². The Morgan fingerprint density at radius 1 is 1.00 bits per heavy atom. The van der Waals surface area contributed by atoms with Gasteiger partial charge in [0.05, 0.1) is 15.6 Å². The Hall–Kier alpha value is -0.920. The fourth-order valence-electron chi connectivity index (χ4n) is 1.43. The summed E-state index contributed by atoms with van der Waals surface area (Å²) < 4.78 is 5.59. The molecule has 2 rings (SSSR count). The van der Waals surface area contributed by atoms with Crippen LogP contribution in [0.5, 0.6) is 0 Å². The van der Waals surface area contributed by atoms with Crippen molar-refractivity contribution in [2.45, 2.75) is 27.7 Å². The molecule has 0 bridgehead atoms. The molecule has 2 aromatic rings. The van der Waals surface area contributed by atoms with Gasteiger partial charge in [-0.15, -0.1) is 0 Å². The highest BCUT2D eigenvalue weighted by Gasteiger charge is 2.12. The van der Waals surface area contributed by atoms with Crippen LogP contribution in [0.15, 0.2) is 28.7 Å². The molecule has 0 aliphatic heterocycles. The summed E-state index contributed by atoms with van der Waals surface area (Å²) >= 11 is 12.2. The first-order valence-corrected chi connectivity index (χ1v) is 6.36. The van der Waals surface area contributed by atoms with Crippen molar-refractivity contribution < 1.29 is 4.42 Å². The van der Waals surface area contributed by atoms with Crippen LogP contribution in [-0.2, 0) is 0 Å². The highest BCUT2D eigenvalue weighted by atomic mass is 35.5. The highest BCUT2D eigenvalue weighted by molar-refractivity contribution is 6.39. The summed E-state index contributed by atoms with van der Waals surface area (Å²) in [5.41, 5.74) is 1.86. The maximum absolute atomic E-state index is 6.08. The van der Waals surface area contributed by atoms with Gasteiger partial charge in [-0.05, 0) is 37.6 Å². The molecule has 1 aromatic carbocycles. The molecule has 0 saturated carbocycles. The van der Waals surface area contributed by atoms with Gasteiger partial charge in [0.2, 0.25) is 0 Å². The fourth-order valence-corrected chi connectivity index (χ4v) is 2.01. The maximum atomic E-state index is 6.08. The minimum absolute atomic E-state index is 0.608. The average molecular weight is 271 g/mol. The third-order valence-corrected chi connectivity index (χ3v) is 3.01. The predicted octanol–water partition coefficient (Wildman–Crippen LogP) is 5.90. The van der Waals surface area contributed by atoms with Gasteiger partial charge >= 0.3 is 0 Å². The van der Waals surface area contributed by atoms with Gasteiger partial charge in [-0.2, -0.15) is 0 Å². The van der Waals surface area contributed by atoms with Crippen LogP contribution in [0.4, 0.5) is 0 Å². The zero-order chi connectivity index (χ0) is 13.0. The summed E-state index contributed by atoms with van der Waals surface area (Å²) in [5.74, 6) is 1.61. The summed E-state index contributed by atoms with van der Waals surface area (Å²) in [4.78, 5) is 0. The number of benzene rings is 1. The molecule has 0 fully saturated rings. The minimum atomic E-state index is 0.608. The number of rotatable bonds is 1. The first-order valence-electron chi connectivity index (χ1n) is 5.61. The van der Waals surface area contributed by atoms with Gasteiger partial charge in [0.25, 0.3) is 0 Å². The molecule has 0 aliphatic rings. The lowest BCUT2D eigenvalue weighted by atomic mass is 10.1. The summed E-state index contributed by atoms with van der Waals surface area (Å²) in [5, 5.41) is 1.22. The van der Waals surface area contributed by atoms with E-state index >= 15 is 0 Å². The van der Waals surface area contributed by atoms with Crippen molar-refractivity contribution in [3.63, 3.8) is 0 Å². The van der Waals surface area contributed by atoms with Crippen LogP contribution >= 0.6 is 23.2 Å². The summed E-state index contributed by atoms with van der Waals surface area (Å²) in [6, 6.07) is 7.37. The normalized spacial score (nSPS) is 9.76. The minimum Gasteiger partial charge on any atom is -0.461 e. The summed E-state index contributed by atoms with van der Waals surface area (Å²) in [6.07, 6.45) is 0. The third-order valence-electron chi connectivity index (χ3n) is 2.38. The Kier molecular flexibility index (Phi) is 5.10. The van der Waals surface area contributed by atoms with E-state index in [1.807, 2.05) is 39.8 Å². The van der Waals surface area contributed by atoms with Crippen molar-refractivity contribution in [1.29, 1.82) is 0 Å². The molecule has 1 nitrogen and oxygen atoms in total. The average Bonchev–Trinajstić information content (AvgIpc) is 2.61. The zero-order valence-corrected chi connectivity index (χ0v) is 12.0. The SMILES string of the molecule is CC.Cc1cc(-c2c(Cl)cccc2Cl)oc1C. The fraction of sp³-hybridized carbons (Fsp3) is 0.286. The van der Waals surface area contributed by atoms with Gasteiger partial charge in [0.1, 0.15) is 11.5 Å². The van der Waals surface area contributed by atoms with Crippen molar-refractivity contribution >= 4 is 23.2 Å². The van der Waals surface area contributed by atoms with Crippen LogP contribution in [0.1, 0.15) is 25.2 Å².